The normalized spacial score (nSPS) is 36.0. The molecule has 0 amide bonds. The second-order valence-electron chi connectivity index (χ2n) is 10.4. The first-order valence-electron chi connectivity index (χ1n) is 11.8. The maximum atomic E-state index is 14.7. The summed E-state index contributed by atoms with van der Waals surface area (Å²) in [6.45, 7) is 5.34. The van der Waals surface area contributed by atoms with Crippen molar-refractivity contribution < 1.29 is 18.7 Å². The molecular weight excluding hydrogens is 406 g/mol. The van der Waals surface area contributed by atoms with E-state index < -0.39 is 22.7 Å². The molecular formula is C28H30F2O2. The van der Waals surface area contributed by atoms with Crippen LogP contribution in [0.4, 0.5) is 8.78 Å². The Bertz CT molecular complexity index is 1110. The molecule has 1 aromatic carbocycles. The van der Waals surface area contributed by atoms with E-state index in [-0.39, 0.29) is 29.1 Å². The number of hydrogen-bond acceptors (Lipinski definition) is 2. The molecule has 1 aromatic rings. The van der Waals surface area contributed by atoms with Crippen LogP contribution in [0.1, 0.15) is 75.8 Å². The van der Waals surface area contributed by atoms with Crippen molar-refractivity contribution in [2.24, 2.45) is 17.3 Å². The third kappa shape index (κ3) is 2.97. The van der Waals surface area contributed by atoms with E-state index in [1.807, 2.05) is 0 Å². The first kappa shape index (κ1) is 21.6. The number of hydrogen-bond donors (Lipinski definition) is 1. The molecule has 4 heteroatoms. The Morgan fingerprint density at radius 2 is 1.84 bits per heavy atom. The zero-order chi connectivity index (χ0) is 22.8. The smallest absolute Gasteiger partial charge is 0.156 e. The van der Waals surface area contributed by atoms with Crippen LogP contribution in [0.3, 0.4) is 0 Å². The van der Waals surface area contributed by atoms with Gasteiger partial charge in [0, 0.05) is 23.3 Å². The third-order valence-corrected chi connectivity index (χ3v) is 8.92. The van der Waals surface area contributed by atoms with Gasteiger partial charge in [0.2, 0.25) is 0 Å². The van der Waals surface area contributed by atoms with Crippen LogP contribution in [-0.4, -0.2) is 16.5 Å². The Labute approximate surface area is 188 Å². The van der Waals surface area contributed by atoms with Crippen molar-refractivity contribution in [3.8, 4) is 11.8 Å². The number of ketones is 1. The van der Waals surface area contributed by atoms with Gasteiger partial charge in [0.25, 0.3) is 0 Å². The highest BCUT2D eigenvalue weighted by Crippen LogP contribution is 2.66. The number of benzene rings is 1. The van der Waals surface area contributed by atoms with E-state index in [0.717, 1.165) is 24.8 Å². The molecule has 5 atom stereocenters. The Kier molecular flexibility index (Phi) is 4.98. The van der Waals surface area contributed by atoms with E-state index in [0.29, 0.717) is 31.2 Å². The number of halogens is 2. The average molecular weight is 437 g/mol. The van der Waals surface area contributed by atoms with Crippen LogP contribution in [0.2, 0.25) is 0 Å². The van der Waals surface area contributed by atoms with Gasteiger partial charge < -0.3 is 5.11 Å². The molecule has 0 radical (unpaired) electrons. The van der Waals surface area contributed by atoms with Crippen molar-refractivity contribution in [2.75, 3.05) is 0 Å². The summed E-state index contributed by atoms with van der Waals surface area (Å²) in [7, 11) is 0. The maximum Gasteiger partial charge on any atom is 0.156 e. The van der Waals surface area contributed by atoms with Gasteiger partial charge in [-0.2, -0.15) is 0 Å². The number of aliphatic hydroxyl groups is 1. The highest BCUT2D eigenvalue weighted by molar-refractivity contribution is 5.93. The van der Waals surface area contributed by atoms with Gasteiger partial charge in [0.05, 0.1) is 0 Å². The predicted molar refractivity (Wildman–Crippen MR) is 120 cm³/mol. The summed E-state index contributed by atoms with van der Waals surface area (Å²) in [4.78, 5) is 12.1. The molecule has 168 valence electrons. The van der Waals surface area contributed by atoms with Gasteiger partial charge in [-0.1, -0.05) is 18.4 Å². The maximum absolute atomic E-state index is 14.7. The molecule has 2 saturated carbocycles. The van der Waals surface area contributed by atoms with Crippen LogP contribution in [0.5, 0.6) is 0 Å². The van der Waals surface area contributed by atoms with Crippen LogP contribution in [0, 0.1) is 47.6 Å². The van der Waals surface area contributed by atoms with Crippen LogP contribution >= 0.6 is 0 Å². The summed E-state index contributed by atoms with van der Waals surface area (Å²) in [5.74, 6) is 5.45. The summed E-state index contributed by atoms with van der Waals surface area (Å²) in [6.07, 6.45) is 6.85. The van der Waals surface area contributed by atoms with Crippen LogP contribution in [-0.2, 0) is 4.79 Å². The van der Waals surface area contributed by atoms with Gasteiger partial charge in [0.1, 0.15) is 17.2 Å². The molecule has 0 aliphatic heterocycles. The molecule has 4 aliphatic carbocycles. The van der Waals surface area contributed by atoms with Crippen LogP contribution in [0.15, 0.2) is 34.9 Å². The molecule has 0 bridgehead atoms. The van der Waals surface area contributed by atoms with Crippen molar-refractivity contribution in [3.63, 3.8) is 0 Å². The minimum absolute atomic E-state index is 0.0320. The fourth-order valence-electron chi connectivity index (χ4n) is 7.24. The van der Waals surface area contributed by atoms with Gasteiger partial charge in [-0.15, -0.1) is 5.92 Å². The van der Waals surface area contributed by atoms with E-state index in [4.69, 9.17) is 0 Å². The van der Waals surface area contributed by atoms with Crippen molar-refractivity contribution in [3.05, 3.63) is 57.7 Å². The average Bonchev–Trinajstić information content (AvgIpc) is 3.01. The Hall–Kier alpha value is -2.25. The number of fused-ring (bicyclic) bond motifs is 4. The third-order valence-electron chi connectivity index (χ3n) is 8.92. The Morgan fingerprint density at radius 3 is 2.53 bits per heavy atom. The number of rotatable bonds is 1. The molecule has 0 aromatic heterocycles. The van der Waals surface area contributed by atoms with E-state index in [2.05, 4.69) is 18.8 Å². The molecule has 0 spiro atoms. The molecule has 1 N–H and O–H groups in total. The van der Waals surface area contributed by atoms with Crippen LogP contribution in [0.25, 0.3) is 0 Å². The van der Waals surface area contributed by atoms with E-state index >= 15 is 0 Å². The van der Waals surface area contributed by atoms with Crippen molar-refractivity contribution in [2.45, 2.75) is 77.2 Å². The molecule has 2 nitrogen and oxygen atoms in total. The first-order valence-corrected chi connectivity index (χ1v) is 11.8. The SMILES string of the molecule is CC#C[C@]1(O)CC[C@H]2[C@@H]3CCC4=CC(=O)CCC4=C3[C@@H](c3cc(F)c(C)c(F)c3)C[C@@]21C. The molecule has 32 heavy (non-hydrogen) atoms. The quantitative estimate of drug-likeness (QED) is 0.554. The van der Waals surface area contributed by atoms with E-state index in [9.17, 15) is 18.7 Å². The minimum atomic E-state index is -1.10. The summed E-state index contributed by atoms with van der Waals surface area (Å²) < 4.78 is 29.3. The van der Waals surface area contributed by atoms with Gasteiger partial charge in [-0.25, -0.2) is 8.78 Å². The number of carbonyl (C=O) groups excluding carboxylic acids is 1. The largest absolute Gasteiger partial charge is 0.377 e. The molecule has 5 rings (SSSR count). The van der Waals surface area contributed by atoms with Gasteiger partial charge in [0.15, 0.2) is 5.78 Å². The lowest BCUT2D eigenvalue weighted by Gasteiger charge is -2.53. The Balaban J connectivity index is 1.73. The van der Waals surface area contributed by atoms with Crippen molar-refractivity contribution in [1.82, 2.24) is 0 Å². The van der Waals surface area contributed by atoms with E-state index in [1.165, 1.54) is 30.2 Å². The predicted octanol–water partition coefficient (Wildman–Crippen LogP) is 5.93. The summed E-state index contributed by atoms with van der Waals surface area (Å²) in [6, 6.07) is 2.95. The van der Waals surface area contributed by atoms with Gasteiger partial charge >= 0.3 is 0 Å². The molecule has 0 heterocycles. The fourth-order valence-corrected chi connectivity index (χ4v) is 7.24. The fraction of sp³-hybridized carbons (Fsp3) is 0.536. The van der Waals surface area contributed by atoms with E-state index in [1.54, 1.807) is 13.0 Å². The lowest BCUT2D eigenvalue weighted by molar-refractivity contribution is -0.114. The summed E-state index contributed by atoms with van der Waals surface area (Å²) in [5.41, 5.74) is 2.70. The van der Waals surface area contributed by atoms with Crippen molar-refractivity contribution >= 4 is 5.78 Å². The molecule has 4 aliphatic rings. The van der Waals surface area contributed by atoms with Gasteiger partial charge in [-0.05, 0) is 99.1 Å². The second kappa shape index (κ2) is 7.39. The highest BCUT2D eigenvalue weighted by atomic mass is 19.1. The number of allylic oxidation sites excluding steroid dienone is 4. The second-order valence-corrected chi connectivity index (χ2v) is 10.4. The number of carbonyl (C=O) groups is 1. The summed E-state index contributed by atoms with van der Waals surface area (Å²) >= 11 is 0. The van der Waals surface area contributed by atoms with Gasteiger partial charge in [-0.3, -0.25) is 4.79 Å². The standard InChI is InChI=1S/C28H30F2O2/c1-4-10-28(32)11-9-23-21-7-5-17-12-19(31)6-8-20(17)26(21)22(15-27(23,28)3)18-13-24(29)16(2)25(30)14-18/h12-14,21-23,32H,5-9,11,15H2,1-3H3/t21-,22+,23-,27-,28-/m0/s1. The molecule has 0 saturated heterocycles. The first-order chi connectivity index (χ1) is 15.2. The van der Waals surface area contributed by atoms with Crippen LogP contribution < -0.4 is 0 Å². The highest BCUT2D eigenvalue weighted by Gasteiger charge is 2.62. The monoisotopic (exact) mass is 436 g/mol. The lowest BCUT2D eigenvalue weighted by Crippen LogP contribution is -2.51. The minimum Gasteiger partial charge on any atom is -0.377 e. The Morgan fingerprint density at radius 1 is 1.12 bits per heavy atom. The molecule has 2 fully saturated rings. The topological polar surface area (TPSA) is 37.3 Å². The zero-order valence-corrected chi connectivity index (χ0v) is 19.0. The lowest BCUT2D eigenvalue weighted by atomic mass is 9.51. The zero-order valence-electron chi connectivity index (χ0n) is 19.0. The summed E-state index contributed by atoms with van der Waals surface area (Å²) in [5, 5.41) is 11.6. The van der Waals surface area contributed by atoms with Crippen molar-refractivity contribution in [1.29, 1.82) is 0 Å². The molecule has 0 unspecified atom stereocenters.